The van der Waals surface area contributed by atoms with Crippen LogP contribution < -0.4 is 0 Å². The summed E-state index contributed by atoms with van der Waals surface area (Å²) in [7, 11) is 0. The molecule has 168 valence electrons. The Morgan fingerprint density at radius 2 is 1.59 bits per heavy atom. The molecule has 4 heteroatoms. The second kappa shape index (κ2) is 15.7. The quantitative estimate of drug-likeness (QED) is 0.207. The number of aliphatic hydroxyl groups is 2. The fraction of sp³-hybridized carbons (Fsp3) is 0.800. The highest BCUT2D eigenvalue weighted by Crippen LogP contribution is 2.38. The van der Waals surface area contributed by atoms with Gasteiger partial charge in [-0.3, -0.25) is 4.79 Å². The molecular formula is C25H44O4. The summed E-state index contributed by atoms with van der Waals surface area (Å²) in [6.07, 6.45) is 19.4. The molecule has 1 aliphatic carbocycles. The van der Waals surface area contributed by atoms with Gasteiger partial charge in [0.25, 0.3) is 0 Å². The predicted octanol–water partition coefficient (Wildman–Crippen LogP) is 5.72. The van der Waals surface area contributed by atoms with E-state index in [1.807, 2.05) is 13.8 Å². The van der Waals surface area contributed by atoms with Gasteiger partial charge in [-0.15, -0.1) is 0 Å². The lowest BCUT2D eigenvalue weighted by molar-refractivity contribution is -0.147. The molecule has 1 fully saturated rings. The Labute approximate surface area is 178 Å². The van der Waals surface area contributed by atoms with Gasteiger partial charge in [0.15, 0.2) is 0 Å². The number of allylic oxidation sites excluding steroid dienone is 4. The Morgan fingerprint density at radius 1 is 0.931 bits per heavy atom. The normalized spacial score (nSPS) is 24.9. The summed E-state index contributed by atoms with van der Waals surface area (Å²) in [5, 5.41) is 20.7. The first-order chi connectivity index (χ1) is 14.0. The number of carbonyl (C=O) groups excluding carboxylic acids is 1. The molecule has 4 nitrogen and oxygen atoms in total. The molecule has 0 amide bonds. The van der Waals surface area contributed by atoms with Crippen molar-refractivity contribution in [2.45, 2.75) is 116 Å². The van der Waals surface area contributed by atoms with Crippen molar-refractivity contribution in [2.75, 3.05) is 0 Å². The zero-order chi connectivity index (χ0) is 21.5. The molecule has 0 aliphatic heterocycles. The Balaban J connectivity index is 2.27. The summed E-state index contributed by atoms with van der Waals surface area (Å²) < 4.78 is 5.13. The molecule has 0 aromatic carbocycles. The largest absolute Gasteiger partial charge is 0.463 e. The molecule has 0 radical (unpaired) electrons. The topological polar surface area (TPSA) is 66.8 Å². The molecule has 4 atom stereocenters. The Morgan fingerprint density at radius 3 is 2.31 bits per heavy atom. The number of unbranched alkanes of at least 4 members (excludes halogenated alkanes) is 5. The van der Waals surface area contributed by atoms with Crippen LogP contribution in [0.5, 0.6) is 0 Å². The summed E-state index contributed by atoms with van der Waals surface area (Å²) in [5.41, 5.74) is 0. The zero-order valence-electron chi connectivity index (χ0n) is 18.9. The maximum atomic E-state index is 11.5. The van der Waals surface area contributed by atoms with Gasteiger partial charge in [0, 0.05) is 6.42 Å². The van der Waals surface area contributed by atoms with Crippen molar-refractivity contribution in [3.05, 3.63) is 24.3 Å². The van der Waals surface area contributed by atoms with Gasteiger partial charge in [-0.25, -0.2) is 0 Å². The van der Waals surface area contributed by atoms with E-state index in [9.17, 15) is 15.0 Å². The smallest absolute Gasteiger partial charge is 0.306 e. The molecule has 0 bridgehead atoms. The Hall–Kier alpha value is -1.13. The van der Waals surface area contributed by atoms with E-state index in [2.05, 4.69) is 31.2 Å². The second-order valence-electron chi connectivity index (χ2n) is 8.73. The van der Waals surface area contributed by atoms with E-state index in [-0.39, 0.29) is 23.9 Å². The lowest BCUT2D eigenvalue weighted by atomic mass is 9.87. The van der Waals surface area contributed by atoms with Crippen molar-refractivity contribution in [2.24, 2.45) is 11.8 Å². The molecule has 0 heterocycles. The van der Waals surface area contributed by atoms with E-state index in [4.69, 9.17) is 4.74 Å². The summed E-state index contributed by atoms with van der Waals surface area (Å²) in [5.74, 6) is 0.159. The standard InChI is InChI=1S/C25H44O4/c1-4-5-6-7-8-9-10-13-16-21-22(24(27)19-23(21)26)17-14-11-12-15-18-25(28)29-20(2)3/h9-11,14,20-24,26-27H,4-8,12-13,15-19H2,1-3H3/b10-9+,14-11-/t21-,22-,23-,24+/m1/s1. The van der Waals surface area contributed by atoms with Gasteiger partial charge in [-0.1, -0.05) is 50.5 Å². The molecular weight excluding hydrogens is 364 g/mol. The number of hydrogen-bond donors (Lipinski definition) is 2. The minimum Gasteiger partial charge on any atom is -0.463 e. The highest BCUT2D eigenvalue weighted by molar-refractivity contribution is 5.69. The van der Waals surface area contributed by atoms with Gasteiger partial charge in [-0.05, 0) is 77.0 Å². The number of carbonyl (C=O) groups is 1. The highest BCUT2D eigenvalue weighted by Gasteiger charge is 2.40. The van der Waals surface area contributed by atoms with Crippen LogP contribution in [0.1, 0.15) is 97.8 Å². The summed E-state index contributed by atoms with van der Waals surface area (Å²) in [6.45, 7) is 5.95. The van der Waals surface area contributed by atoms with E-state index < -0.39 is 12.2 Å². The van der Waals surface area contributed by atoms with Gasteiger partial charge < -0.3 is 14.9 Å². The number of aliphatic hydroxyl groups excluding tert-OH is 2. The third-order valence-electron chi connectivity index (χ3n) is 5.77. The molecule has 0 aromatic rings. The monoisotopic (exact) mass is 408 g/mol. The van der Waals surface area contributed by atoms with Crippen molar-refractivity contribution in [3.8, 4) is 0 Å². The molecule has 29 heavy (non-hydrogen) atoms. The van der Waals surface area contributed by atoms with Gasteiger partial charge in [-0.2, -0.15) is 0 Å². The number of ether oxygens (including phenoxy) is 1. The van der Waals surface area contributed by atoms with Crippen molar-refractivity contribution in [3.63, 3.8) is 0 Å². The van der Waals surface area contributed by atoms with Crippen LogP contribution in [0.25, 0.3) is 0 Å². The highest BCUT2D eigenvalue weighted by atomic mass is 16.5. The average molecular weight is 409 g/mol. The van der Waals surface area contributed by atoms with Crippen molar-refractivity contribution in [1.29, 1.82) is 0 Å². The van der Waals surface area contributed by atoms with E-state index in [1.54, 1.807) is 0 Å². The molecule has 0 spiro atoms. The first-order valence-corrected chi connectivity index (χ1v) is 11.8. The van der Waals surface area contributed by atoms with Gasteiger partial charge >= 0.3 is 5.97 Å². The van der Waals surface area contributed by atoms with Gasteiger partial charge in [0.2, 0.25) is 0 Å². The van der Waals surface area contributed by atoms with Crippen LogP contribution in [-0.2, 0) is 9.53 Å². The molecule has 0 unspecified atom stereocenters. The predicted molar refractivity (Wildman–Crippen MR) is 120 cm³/mol. The third kappa shape index (κ3) is 11.6. The maximum absolute atomic E-state index is 11.5. The summed E-state index contributed by atoms with van der Waals surface area (Å²) in [6, 6.07) is 0. The lowest BCUT2D eigenvalue weighted by Gasteiger charge is -2.21. The van der Waals surface area contributed by atoms with Crippen molar-refractivity contribution in [1.82, 2.24) is 0 Å². The van der Waals surface area contributed by atoms with E-state index in [0.29, 0.717) is 12.8 Å². The van der Waals surface area contributed by atoms with Crippen molar-refractivity contribution < 1.29 is 19.7 Å². The molecule has 0 aromatic heterocycles. The van der Waals surface area contributed by atoms with Crippen LogP contribution in [0.15, 0.2) is 24.3 Å². The average Bonchev–Trinajstić information content (AvgIpc) is 2.92. The fourth-order valence-corrected chi connectivity index (χ4v) is 4.18. The number of hydrogen-bond acceptors (Lipinski definition) is 4. The molecule has 0 saturated heterocycles. The van der Waals surface area contributed by atoms with Gasteiger partial charge in [0.05, 0.1) is 18.3 Å². The summed E-state index contributed by atoms with van der Waals surface area (Å²) >= 11 is 0. The van der Waals surface area contributed by atoms with Crippen LogP contribution in [0, 0.1) is 11.8 Å². The molecule has 2 N–H and O–H groups in total. The van der Waals surface area contributed by atoms with Crippen LogP contribution in [-0.4, -0.2) is 34.5 Å². The van der Waals surface area contributed by atoms with E-state index >= 15 is 0 Å². The van der Waals surface area contributed by atoms with Crippen LogP contribution in [0.2, 0.25) is 0 Å². The third-order valence-corrected chi connectivity index (χ3v) is 5.77. The fourth-order valence-electron chi connectivity index (χ4n) is 4.18. The Kier molecular flexibility index (Phi) is 14.0. The number of esters is 1. The first-order valence-electron chi connectivity index (χ1n) is 11.8. The maximum Gasteiger partial charge on any atom is 0.306 e. The van der Waals surface area contributed by atoms with Gasteiger partial charge in [0.1, 0.15) is 0 Å². The SMILES string of the molecule is CCCCCC/C=C/CC[C@@H]1[C@@H](C/C=C\CCCC(=O)OC(C)C)[C@@H](O)C[C@H]1O. The van der Waals surface area contributed by atoms with Crippen molar-refractivity contribution >= 4 is 5.97 Å². The molecule has 1 rings (SSSR count). The first kappa shape index (κ1) is 25.9. The second-order valence-corrected chi connectivity index (χ2v) is 8.73. The minimum atomic E-state index is -0.418. The Bertz CT molecular complexity index is 483. The minimum absolute atomic E-state index is 0.0545. The molecule has 1 saturated carbocycles. The number of rotatable bonds is 15. The van der Waals surface area contributed by atoms with E-state index in [0.717, 1.165) is 38.5 Å². The van der Waals surface area contributed by atoms with Crippen LogP contribution in [0.4, 0.5) is 0 Å². The van der Waals surface area contributed by atoms with E-state index in [1.165, 1.54) is 25.7 Å². The molecule has 1 aliphatic rings. The zero-order valence-corrected chi connectivity index (χ0v) is 18.9. The lowest BCUT2D eigenvalue weighted by Crippen LogP contribution is -2.21. The summed E-state index contributed by atoms with van der Waals surface area (Å²) in [4.78, 5) is 11.5. The van der Waals surface area contributed by atoms with Crippen LogP contribution in [0.3, 0.4) is 0 Å². The van der Waals surface area contributed by atoms with Crippen LogP contribution >= 0.6 is 0 Å².